The van der Waals surface area contributed by atoms with Gasteiger partial charge in [-0.15, -0.1) is 12.4 Å². The third kappa shape index (κ3) is 4.82. The van der Waals surface area contributed by atoms with Gasteiger partial charge in [0.2, 0.25) is 0 Å². The van der Waals surface area contributed by atoms with Crippen molar-refractivity contribution in [3.63, 3.8) is 0 Å². The van der Waals surface area contributed by atoms with E-state index in [2.05, 4.69) is 15.6 Å². The zero-order chi connectivity index (χ0) is 19.7. The van der Waals surface area contributed by atoms with Crippen molar-refractivity contribution in [2.75, 3.05) is 18.4 Å². The Kier molecular flexibility index (Phi) is 6.33. The number of hydrogen-bond acceptors (Lipinski definition) is 4. The largest absolute Gasteiger partial charge is 0.416 e. The highest BCUT2D eigenvalue weighted by molar-refractivity contribution is 5.99. The van der Waals surface area contributed by atoms with Gasteiger partial charge in [0.25, 0.3) is 5.91 Å². The second-order valence-electron chi connectivity index (χ2n) is 7.28. The van der Waals surface area contributed by atoms with Crippen LogP contribution in [-0.4, -0.2) is 41.0 Å². The van der Waals surface area contributed by atoms with Gasteiger partial charge in [0, 0.05) is 37.1 Å². The molecular weight excluding hydrogens is 405 g/mol. The lowest BCUT2D eigenvalue weighted by molar-refractivity contribution is -0.137. The Labute approximate surface area is 173 Å². The Balaban J connectivity index is 0.00000240. The van der Waals surface area contributed by atoms with Crippen molar-refractivity contribution in [1.29, 1.82) is 0 Å². The van der Waals surface area contributed by atoms with Crippen LogP contribution in [-0.2, 0) is 6.18 Å². The average molecular weight is 427 g/mol. The third-order valence-electron chi connectivity index (χ3n) is 5.30. The zero-order valence-corrected chi connectivity index (χ0v) is 16.4. The molecule has 156 valence electrons. The van der Waals surface area contributed by atoms with Gasteiger partial charge in [-0.2, -0.15) is 13.2 Å². The lowest BCUT2D eigenvalue weighted by Crippen LogP contribution is -2.39. The van der Waals surface area contributed by atoms with Crippen molar-refractivity contribution in [3.8, 4) is 0 Å². The fraction of sp³-hybridized carbons (Fsp3) is 0.400. The van der Waals surface area contributed by atoms with Crippen LogP contribution in [0.2, 0.25) is 0 Å². The predicted molar refractivity (Wildman–Crippen MR) is 107 cm³/mol. The molecule has 1 aromatic heterocycles. The maximum Gasteiger partial charge on any atom is 0.416 e. The molecule has 0 aliphatic carbocycles. The predicted octanol–water partition coefficient (Wildman–Crippen LogP) is 4.23. The first-order valence-corrected chi connectivity index (χ1v) is 9.35. The van der Waals surface area contributed by atoms with Crippen LogP contribution in [0.4, 0.5) is 24.7 Å². The van der Waals surface area contributed by atoms with Gasteiger partial charge in [0.1, 0.15) is 5.82 Å². The molecule has 2 aromatic rings. The molecule has 2 bridgehead atoms. The maximum absolute atomic E-state index is 13.1. The summed E-state index contributed by atoms with van der Waals surface area (Å²) in [5, 5.41) is 6.41. The SMILES string of the molecule is Cl.O=C(c1cccnc1Nc1cccc(C(F)(F)F)c1)N1CCC2CCC(C1)N2. The third-order valence-corrected chi connectivity index (χ3v) is 5.30. The van der Waals surface area contributed by atoms with Crippen molar-refractivity contribution in [1.82, 2.24) is 15.2 Å². The molecule has 2 fully saturated rings. The van der Waals surface area contributed by atoms with Crippen molar-refractivity contribution >= 4 is 29.8 Å². The molecule has 2 unspecified atom stereocenters. The quantitative estimate of drug-likeness (QED) is 0.771. The second kappa shape index (κ2) is 8.59. The Morgan fingerprint density at radius 2 is 1.93 bits per heavy atom. The molecule has 3 heterocycles. The molecule has 2 atom stereocenters. The van der Waals surface area contributed by atoms with Gasteiger partial charge in [-0.3, -0.25) is 4.79 Å². The summed E-state index contributed by atoms with van der Waals surface area (Å²) >= 11 is 0. The number of rotatable bonds is 3. The molecule has 9 heteroatoms. The maximum atomic E-state index is 13.1. The van der Waals surface area contributed by atoms with E-state index in [1.165, 1.54) is 18.3 Å². The van der Waals surface area contributed by atoms with Gasteiger partial charge < -0.3 is 15.5 Å². The monoisotopic (exact) mass is 426 g/mol. The van der Waals surface area contributed by atoms with Gasteiger partial charge in [-0.25, -0.2) is 4.98 Å². The number of carbonyl (C=O) groups is 1. The first-order valence-electron chi connectivity index (χ1n) is 9.35. The summed E-state index contributed by atoms with van der Waals surface area (Å²) in [5.74, 6) is 0.103. The van der Waals surface area contributed by atoms with Crippen molar-refractivity contribution in [2.24, 2.45) is 0 Å². The van der Waals surface area contributed by atoms with E-state index in [1.54, 1.807) is 12.1 Å². The van der Waals surface area contributed by atoms with Crippen LogP contribution in [0.1, 0.15) is 35.2 Å². The normalized spacial score (nSPS) is 21.3. The number of aromatic nitrogens is 1. The summed E-state index contributed by atoms with van der Waals surface area (Å²) < 4.78 is 38.9. The van der Waals surface area contributed by atoms with Crippen LogP contribution in [0, 0.1) is 0 Å². The number of anilines is 2. The van der Waals surface area contributed by atoms with Crippen molar-refractivity contribution in [2.45, 2.75) is 37.5 Å². The number of hydrogen-bond donors (Lipinski definition) is 2. The fourth-order valence-electron chi connectivity index (χ4n) is 3.89. The van der Waals surface area contributed by atoms with Gasteiger partial charge in [-0.05, 0) is 49.6 Å². The Morgan fingerprint density at radius 3 is 2.72 bits per heavy atom. The highest BCUT2D eigenvalue weighted by Gasteiger charge is 2.33. The van der Waals surface area contributed by atoms with Gasteiger partial charge >= 0.3 is 6.18 Å². The molecular formula is C20H22ClF3N4O. The number of alkyl halides is 3. The highest BCUT2D eigenvalue weighted by atomic mass is 35.5. The number of carbonyl (C=O) groups excluding carboxylic acids is 1. The van der Waals surface area contributed by atoms with E-state index in [0.29, 0.717) is 30.7 Å². The van der Waals surface area contributed by atoms with E-state index in [0.717, 1.165) is 31.4 Å². The molecule has 29 heavy (non-hydrogen) atoms. The summed E-state index contributed by atoms with van der Waals surface area (Å²) in [6.45, 7) is 1.29. The number of nitrogens with one attached hydrogen (secondary N) is 2. The van der Waals surface area contributed by atoms with Crippen LogP contribution in [0.15, 0.2) is 42.6 Å². The van der Waals surface area contributed by atoms with Crippen LogP contribution in [0.3, 0.4) is 0 Å². The first-order chi connectivity index (χ1) is 13.4. The minimum atomic E-state index is -4.43. The molecule has 2 saturated heterocycles. The van der Waals surface area contributed by atoms with Gasteiger partial charge in [-0.1, -0.05) is 6.07 Å². The molecule has 5 nitrogen and oxygen atoms in total. The van der Waals surface area contributed by atoms with Crippen molar-refractivity contribution < 1.29 is 18.0 Å². The molecule has 2 N–H and O–H groups in total. The molecule has 0 spiro atoms. The van der Waals surface area contributed by atoms with E-state index in [9.17, 15) is 18.0 Å². The summed E-state index contributed by atoms with van der Waals surface area (Å²) in [5.41, 5.74) is -0.159. The van der Waals surface area contributed by atoms with Crippen LogP contribution in [0.25, 0.3) is 0 Å². The minimum Gasteiger partial charge on any atom is -0.340 e. The molecule has 0 radical (unpaired) electrons. The number of halogens is 4. The molecule has 2 aliphatic rings. The minimum absolute atomic E-state index is 0. The first kappa shape index (κ1) is 21.4. The number of benzene rings is 1. The van der Waals surface area contributed by atoms with E-state index in [-0.39, 0.29) is 29.8 Å². The van der Waals surface area contributed by atoms with Crippen LogP contribution in [0.5, 0.6) is 0 Å². The van der Waals surface area contributed by atoms with Gasteiger partial charge in [0.15, 0.2) is 0 Å². The topological polar surface area (TPSA) is 57.3 Å². The standard InChI is InChI=1S/C20H21F3N4O.ClH/c21-20(22,23)13-3-1-4-15(11-13)26-18-17(5-2-9-24-18)19(28)27-10-8-14-6-7-16(12-27)25-14;/h1-5,9,11,14,16,25H,6-8,10,12H2,(H,24,26);1H. The van der Waals surface area contributed by atoms with Crippen LogP contribution < -0.4 is 10.6 Å². The van der Waals surface area contributed by atoms with Gasteiger partial charge in [0.05, 0.1) is 11.1 Å². The smallest absolute Gasteiger partial charge is 0.340 e. The highest BCUT2D eigenvalue weighted by Crippen LogP contribution is 2.32. The number of amides is 1. The summed E-state index contributed by atoms with van der Waals surface area (Å²) in [4.78, 5) is 19.1. The summed E-state index contributed by atoms with van der Waals surface area (Å²) in [6, 6.07) is 8.94. The van der Waals surface area contributed by atoms with E-state index in [1.807, 2.05) is 4.90 Å². The summed E-state index contributed by atoms with van der Waals surface area (Å²) in [7, 11) is 0. The molecule has 0 saturated carbocycles. The average Bonchev–Trinajstić information content (AvgIpc) is 3.00. The number of pyridine rings is 1. The molecule has 4 rings (SSSR count). The Hall–Kier alpha value is -2.32. The second-order valence-corrected chi connectivity index (χ2v) is 7.28. The lowest BCUT2D eigenvalue weighted by atomic mass is 10.1. The van der Waals surface area contributed by atoms with E-state index >= 15 is 0 Å². The zero-order valence-electron chi connectivity index (χ0n) is 15.6. The molecule has 2 aliphatic heterocycles. The number of fused-ring (bicyclic) bond motifs is 2. The molecule has 1 aromatic carbocycles. The summed E-state index contributed by atoms with van der Waals surface area (Å²) in [6.07, 6.45) is 0.176. The number of likely N-dealkylation sites (tertiary alicyclic amines) is 1. The Bertz CT molecular complexity index is 877. The fourth-order valence-corrected chi connectivity index (χ4v) is 3.89. The Morgan fingerprint density at radius 1 is 1.14 bits per heavy atom. The number of nitrogens with zero attached hydrogens (tertiary/aromatic N) is 2. The van der Waals surface area contributed by atoms with E-state index in [4.69, 9.17) is 0 Å². The molecule has 1 amide bonds. The van der Waals surface area contributed by atoms with E-state index < -0.39 is 11.7 Å². The lowest BCUT2D eigenvalue weighted by Gasteiger charge is -2.25. The van der Waals surface area contributed by atoms with Crippen LogP contribution >= 0.6 is 12.4 Å². The van der Waals surface area contributed by atoms with Crippen molar-refractivity contribution in [3.05, 3.63) is 53.7 Å².